The van der Waals surface area contributed by atoms with Crippen LogP contribution in [0.25, 0.3) is 11.4 Å². The first-order chi connectivity index (χ1) is 7.29. The fourth-order valence-electron chi connectivity index (χ4n) is 1.32. The lowest BCUT2D eigenvalue weighted by molar-refractivity contribution is 0.921. The smallest absolute Gasteiger partial charge is 0.251 e. The van der Waals surface area contributed by atoms with Gasteiger partial charge < -0.3 is 4.98 Å². The predicted octanol–water partition coefficient (Wildman–Crippen LogP) is 1.39. The number of aromatic amines is 1. The van der Waals surface area contributed by atoms with Crippen molar-refractivity contribution in [2.24, 2.45) is 0 Å². The van der Waals surface area contributed by atoms with E-state index in [-0.39, 0.29) is 5.56 Å². The number of nitrogens with one attached hydrogen (secondary N) is 1. The van der Waals surface area contributed by atoms with Gasteiger partial charge in [-0.25, -0.2) is 4.98 Å². The third-order valence-electron chi connectivity index (χ3n) is 2.05. The van der Waals surface area contributed by atoms with E-state index < -0.39 is 0 Å². The molecule has 0 radical (unpaired) electrons. The summed E-state index contributed by atoms with van der Waals surface area (Å²) in [5.74, 6) is 0.683. The second-order valence-corrected chi connectivity index (χ2v) is 3.15. The van der Waals surface area contributed by atoms with Gasteiger partial charge in [0.2, 0.25) is 0 Å². The highest BCUT2D eigenvalue weighted by molar-refractivity contribution is 5.52. The molecule has 0 amide bonds. The Morgan fingerprint density at radius 1 is 1.33 bits per heavy atom. The molecule has 0 aliphatic rings. The maximum atomic E-state index is 11.3. The minimum Gasteiger partial charge on any atom is -0.311 e. The summed E-state index contributed by atoms with van der Waals surface area (Å²) in [6.45, 7) is 1.94. The molecule has 0 aliphatic carbocycles. The first-order valence-electron chi connectivity index (χ1n) is 4.81. The largest absolute Gasteiger partial charge is 0.311 e. The monoisotopic (exact) mass is 201 g/mol. The van der Waals surface area contributed by atoms with Gasteiger partial charge in [0.25, 0.3) is 5.56 Å². The van der Waals surface area contributed by atoms with Gasteiger partial charge in [-0.1, -0.05) is 13.0 Å². The van der Waals surface area contributed by atoms with Gasteiger partial charge in [-0.05, 0) is 12.1 Å². The highest BCUT2D eigenvalue weighted by Crippen LogP contribution is 2.10. The van der Waals surface area contributed by atoms with Crippen LogP contribution in [-0.4, -0.2) is 15.0 Å². The topological polar surface area (TPSA) is 58.6 Å². The average Bonchev–Trinajstić information content (AvgIpc) is 2.29. The maximum absolute atomic E-state index is 11.3. The van der Waals surface area contributed by atoms with Crippen molar-refractivity contribution in [2.75, 3.05) is 0 Å². The molecule has 0 fully saturated rings. The zero-order chi connectivity index (χ0) is 10.7. The Bertz CT molecular complexity index is 505. The SMILES string of the molecule is CCc1nc(-c2ccccn2)cc(=O)[nH]1. The number of hydrogen-bond donors (Lipinski definition) is 1. The number of rotatable bonds is 2. The Labute approximate surface area is 87.0 Å². The minimum atomic E-state index is -0.137. The first-order valence-corrected chi connectivity index (χ1v) is 4.81. The number of aryl methyl sites for hydroxylation is 1. The van der Waals surface area contributed by atoms with Crippen LogP contribution in [0.5, 0.6) is 0 Å². The van der Waals surface area contributed by atoms with Crippen molar-refractivity contribution in [3.05, 3.63) is 46.6 Å². The van der Waals surface area contributed by atoms with E-state index in [0.29, 0.717) is 17.9 Å². The van der Waals surface area contributed by atoms with Crippen LogP contribution in [0.15, 0.2) is 35.3 Å². The molecular formula is C11H11N3O. The zero-order valence-corrected chi connectivity index (χ0v) is 8.40. The van der Waals surface area contributed by atoms with Gasteiger partial charge in [0.1, 0.15) is 5.82 Å². The van der Waals surface area contributed by atoms with Crippen molar-refractivity contribution < 1.29 is 0 Å². The quantitative estimate of drug-likeness (QED) is 0.798. The molecule has 0 bridgehead atoms. The normalized spacial score (nSPS) is 10.2. The molecule has 1 N–H and O–H groups in total. The van der Waals surface area contributed by atoms with Crippen molar-refractivity contribution in [3.63, 3.8) is 0 Å². The van der Waals surface area contributed by atoms with Crippen LogP contribution < -0.4 is 5.56 Å². The standard InChI is InChI=1S/C11H11N3O/c1-2-10-13-9(7-11(15)14-10)8-5-3-4-6-12-8/h3-7H,2H2,1H3,(H,13,14,15). The molecule has 2 aromatic rings. The number of nitrogens with zero attached hydrogens (tertiary/aromatic N) is 2. The summed E-state index contributed by atoms with van der Waals surface area (Å²) in [5, 5.41) is 0. The van der Waals surface area contributed by atoms with E-state index in [2.05, 4.69) is 15.0 Å². The predicted molar refractivity (Wildman–Crippen MR) is 57.5 cm³/mol. The van der Waals surface area contributed by atoms with Crippen LogP contribution in [0.1, 0.15) is 12.7 Å². The average molecular weight is 201 g/mol. The van der Waals surface area contributed by atoms with Gasteiger partial charge in [0, 0.05) is 18.7 Å². The Hall–Kier alpha value is -1.97. The lowest BCUT2D eigenvalue weighted by Gasteiger charge is -2.01. The number of H-pyrrole nitrogens is 1. The van der Waals surface area contributed by atoms with E-state index in [0.717, 1.165) is 5.69 Å². The third-order valence-corrected chi connectivity index (χ3v) is 2.05. The van der Waals surface area contributed by atoms with E-state index in [1.165, 1.54) is 6.07 Å². The molecule has 2 aromatic heterocycles. The van der Waals surface area contributed by atoms with E-state index in [1.54, 1.807) is 6.20 Å². The van der Waals surface area contributed by atoms with E-state index >= 15 is 0 Å². The lowest BCUT2D eigenvalue weighted by atomic mass is 10.2. The molecule has 0 aliphatic heterocycles. The summed E-state index contributed by atoms with van der Waals surface area (Å²) in [6.07, 6.45) is 2.39. The van der Waals surface area contributed by atoms with Crippen molar-refractivity contribution in [2.45, 2.75) is 13.3 Å². The minimum absolute atomic E-state index is 0.137. The van der Waals surface area contributed by atoms with E-state index in [4.69, 9.17) is 0 Å². The molecule has 4 nitrogen and oxygen atoms in total. The summed E-state index contributed by atoms with van der Waals surface area (Å²) in [7, 11) is 0. The molecule has 0 saturated carbocycles. The Kier molecular flexibility index (Phi) is 2.58. The summed E-state index contributed by atoms with van der Waals surface area (Å²) in [5.41, 5.74) is 1.21. The molecule has 15 heavy (non-hydrogen) atoms. The van der Waals surface area contributed by atoms with Crippen molar-refractivity contribution in [1.82, 2.24) is 15.0 Å². The Morgan fingerprint density at radius 2 is 2.20 bits per heavy atom. The van der Waals surface area contributed by atoms with Crippen molar-refractivity contribution in [1.29, 1.82) is 0 Å². The van der Waals surface area contributed by atoms with Gasteiger partial charge in [0.05, 0.1) is 11.4 Å². The summed E-state index contributed by atoms with van der Waals surface area (Å²) in [4.78, 5) is 22.4. The Balaban J connectivity index is 2.54. The van der Waals surface area contributed by atoms with Gasteiger partial charge >= 0.3 is 0 Å². The molecular weight excluding hydrogens is 190 g/mol. The van der Waals surface area contributed by atoms with Crippen LogP contribution in [0, 0.1) is 0 Å². The van der Waals surface area contributed by atoms with Crippen molar-refractivity contribution in [3.8, 4) is 11.4 Å². The fraction of sp³-hybridized carbons (Fsp3) is 0.182. The summed E-state index contributed by atoms with van der Waals surface area (Å²) >= 11 is 0. The molecule has 2 heterocycles. The Morgan fingerprint density at radius 3 is 2.87 bits per heavy atom. The van der Waals surface area contributed by atoms with Gasteiger partial charge in [-0.2, -0.15) is 0 Å². The van der Waals surface area contributed by atoms with Gasteiger partial charge in [0.15, 0.2) is 0 Å². The number of hydrogen-bond acceptors (Lipinski definition) is 3. The van der Waals surface area contributed by atoms with Crippen LogP contribution in [0.4, 0.5) is 0 Å². The molecule has 0 spiro atoms. The van der Waals surface area contributed by atoms with Crippen LogP contribution in [0.2, 0.25) is 0 Å². The molecule has 76 valence electrons. The first kappa shape index (κ1) is 9.58. The van der Waals surface area contributed by atoms with E-state index in [1.807, 2.05) is 25.1 Å². The maximum Gasteiger partial charge on any atom is 0.251 e. The zero-order valence-electron chi connectivity index (χ0n) is 8.40. The highest BCUT2D eigenvalue weighted by atomic mass is 16.1. The van der Waals surface area contributed by atoms with Crippen molar-refractivity contribution >= 4 is 0 Å². The van der Waals surface area contributed by atoms with Crippen LogP contribution in [0.3, 0.4) is 0 Å². The molecule has 0 unspecified atom stereocenters. The third kappa shape index (κ3) is 2.10. The fourth-order valence-corrected chi connectivity index (χ4v) is 1.32. The number of pyridine rings is 1. The van der Waals surface area contributed by atoms with Gasteiger partial charge in [-0.3, -0.25) is 9.78 Å². The molecule has 2 rings (SSSR count). The second-order valence-electron chi connectivity index (χ2n) is 3.15. The summed E-state index contributed by atoms with van der Waals surface area (Å²) in [6, 6.07) is 7.00. The highest BCUT2D eigenvalue weighted by Gasteiger charge is 2.02. The summed E-state index contributed by atoms with van der Waals surface area (Å²) < 4.78 is 0. The second kappa shape index (κ2) is 4.04. The molecule has 0 saturated heterocycles. The van der Waals surface area contributed by atoms with Gasteiger partial charge in [-0.15, -0.1) is 0 Å². The molecule has 4 heteroatoms. The van der Waals surface area contributed by atoms with Crippen LogP contribution >= 0.6 is 0 Å². The van der Waals surface area contributed by atoms with Crippen LogP contribution in [-0.2, 0) is 6.42 Å². The molecule has 0 aromatic carbocycles. The van der Waals surface area contributed by atoms with E-state index in [9.17, 15) is 4.79 Å². The molecule has 0 atom stereocenters. The number of aromatic nitrogens is 3. The lowest BCUT2D eigenvalue weighted by Crippen LogP contribution is -2.10.